The Morgan fingerprint density at radius 3 is 2.75 bits per heavy atom. The zero-order valence-corrected chi connectivity index (χ0v) is 18.1. The number of carboxylic acid groups (broad SMARTS) is 1. The SMILES string of the molecule is CC(=O)N(c1cccs1)C1C(=O)N2CC(CO)(C(=O)O)CS[C@H]12.[H-].[K+]. The van der Waals surface area contributed by atoms with Crippen LogP contribution in [0.2, 0.25) is 0 Å². The fourth-order valence-electron chi connectivity index (χ4n) is 2.90. The predicted molar refractivity (Wildman–Crippen MR) is 87.5 cm³/mol. The second kappa shape index (κ2) is 7.74. The number of β-lactam (4-membered cyclic amide) rings is 1. The second-order valence-electron chi connectivity index (χ2n) is 5.70. The topological polar surface area (TPSA) is 98.2 Å². The smallest absolute Gasteiger partial charge is 1.00 e. The number of hydrogen-bond donors (Lipinski definition) is 2. The van der Waals surface area contributed by atoms with Gasteiger partial charge in [0.05, 0.1) is 11.6 Å². The average molecular weight is 397 g/mol. The number of nitrogens with zero attached hydrogens (tertiary/aromatic N) is 2. The van der Waals surface area contributed by atoms with Crippen LogP contribution in [0.5, 0.6) is 0 Å². The molecule has 3 rings (SSSR count). The summed E-state index contributed by atoms with van der Waals surface area (Å²) >= 11 is 2.68. The molecule has 24 heavy (non-hydrogen) atoms. The molecule has 126 valence electrons. The van der Waals surface area contributed by atoms with Crippen molar-refractivity contribution >= 4 is 45.9 Å². The summed E-state index contributed by atoms with van der Waals surface area (Å²) in [6.45, 7) is 0.873. The van der Waals surface area contributed by atoms with Gasteiger partial charge in [-0.1, -0.05) is 0 Å². The van der Waals surface area contributed by atoms with Crippen molar-refractivity contribution in [3.8, 4) is 0 Å². The minimum Gasteiger partial charge on any atom is -1.00 e. The largest absolute Gasteiger partial charge is 1.00 e. The molecule has 0 bridgehead atoms. The molecule has 2 aliphatic heterocycles. The number of aliphatic hydroxyl groups is 1. The molecule has 2 aliphatic rings. The van der Waals surface area contributed by atoms with E-state index in [2.05, 4.69) is 0 Å². The normalized spacial score (nSPS) is 28.4. The van der Waals surface area contributed by atoms with Gasteiger partial charge in [0, 0.05) is 19.2 Å². The number of aliphatic hydroxyl groups excluding tert-OH is 1. The van der Waals surface area contributed by atoms with Gasteiger partial charge in [0.1, 0.15) is 16.8 Å². The van der Waals surface area contributed by atoms with Crippen LogP contribution in [0.25, 0.3) is 0 Å². The van der Waals surface area contributed by atoms with Crippen LogP contribution in [0.3, 0.4) is 0 Å². The number of aliphatic carboxylic acids is 1. The van der Waals surface area contributed by atoms with Crippen molar-refractivity contribution in [2.45, 2.75) is 18.3 Å². The number of carbonyl (C=O) groups excluding carboxylic acids is 2. The van der Waals surface area contributed by atoms with Crippen molar-refractivity contribution < 1.29 is 77.4 Å². The van der Waals surface area contributed by atoms with E-state index in [0.717, 1.165) is 0 Å². The molecular weight excluding hydrogens is 379 g/mol. The summed E-state index contributed by atoms with van der Waals surface area (Å²) in [6, 6.07) is 2.98. The van der Waals surface area contributed by atoms with E-state index in [-0.39, 0.29) is 82.3 Å². The third-order valence-electron chi connectivity index (χ3n) is 4.23. The standard InChI is InChI=1S/C14H16N2O5S2.K.H/c1-8(18)16(9-3-2-4-22-9)10-11(19)15-5-14(6-17,13(20)21)7-23-12(10)15;;/h2-4,10,12,17H,5-7H2,1H3,(H,20,21);;/q;+1;-1/t10?,12-,14?;;/m1../s1. The van der Waals surface area contributed by atoms with Crippen molar-refractivity contribution in [2.75, 3.05) is 23.8 Å². The fourth-order valence-corrected chi connectivity index (χ4v) is 5.28. The number of amides is 2. The van der Waals surface area contributed by atoms with Crippen molar-refractivity contribution in [3.05, 3.63) is 17.5 Å². The third-order valence-corrected chi connectivity index (χ3v) is 6.67. The van der Waals surface area contributed by atoms with E-state index in [1.807, 2.05) is 11.4 Å². The molecular formula is C14H17KN2O5S2. The van der Waals surface area contributed by atoms with E-state index < -0.39 is 24.0 Å². The van der Waals surface area contributed by atoms with Gasteiger partial charge >= 0.3 is 57.4 Å². The molecule has 1 aromatic heterocycles. The molecule has 7 nitrogen and oxygen atoms in total. The number of thiophene rings is 1. The van der Waals surface area contributed by atoms with Crippen molar-refractivity contribution in [2.24, 2.45) is 5.41 Å². The van der Waals surface area contributed by atoms with Gasteiger partial charge in [-0.2, -0.15) is 0 Å². The summed E-state index contributed by atoms with van der Waals surface area (Å²) in [7, 11) is 0. The first kappa shape index (κ1) is 20.4. The quantitative estimate of drug-likeness (QED) is 0.434. The van der Waals surface area contributed by atoms with E-state index in [1.165, 1.54) is 39.8 Å². The van der Waals surface area contributed by atoms with E-state index in [1.54, 1.807) is 6.07 Å². The first-order valence-electron chi connectivity index (χ1n) is 7.01. The Morgan fingerprint density at radius 1 is 1.54 bits per heavy atom. The van der Waals surface area contributed by atoms with E-state index in [4.69, 9.17) is 0 Å². The summed E-state index contributed by atoms with van der Waals surface area (Å²) in [6.07, 6.45) is 0. The van der Waals surface area contributed by atoms with Crippen LogP contribution in [0.15, 0.2) is 17.5 Å². The maximum atomic E-state index is 12.5. The Bertz CT molecular complexity index is 662. The molecule has 0 aliphatic carbocycles. The molecule has 3 atom stereocenters. The molecule has 0 saturated carbocycles. The van der Waals surface area contributed by atoms with Crippen LogP contribution < -0.4 is 56.3 Å². The zero-order chi connectivity index (χ0) is 16.8. The molecule has 2 N–H and O–H groups in total. The second-order valence-corrected chi connectivity index (χ2v) is 7.73. The van der Waals surface area contributed by atoms with E-state index >= 15 is 0 Å². The number of hydrogen-bond acceptors (Lipinski definition) is 6. The summed E-state index contributed by atoms with van der Waals surface area (Å²) < 4.78 is 0. The van der Waals surface area contributed by atoms with E-state index in [9.17, 15) is 24.6 Å². The Labute approximate surface area is 191 Å². The summed E-state index contributed by atoms with van der Waals surface area (Å²) in [5.41, 5.74) is -1.33. The Balaban J connectivity index is 0.00000156. The van der Waals surface area contributed by atoms with Crippen LogP contribution in [-0.4, -0.2) is 63.2 Å². The monoisotopic (exact) mass is 396 g/mol. The summed E-state index contributed by atoms with van der Waals surface area (Å²) in [5, 5.41) is 21.1. The predicted octanol–water partition coefficient (Wildman–Crippen LogP) is -2.44. The van der Waals surface area contributed by atoms with Crippen LogP contribution in [0, 0.1) is 5.41 Å². The van der Waals surface area contributed by atoms with Gasteiger partial charge in [-0.3, -0.25) is 19.3 Å². The van der Waals surface area contributed by atoms with Gasteiger partial charge in [0.25, 0.3) is 0 Å². The number of anilines is 1. The zero-order valence-electron chi connectivity index (χ0n) is 14.3. The molecule has 0 spiro atoms. The number of fused-ring (bicyclic) bond motifs is 1. The molecule has 0 radical (unpaired) electrons. The first-order chi connectivity index (χ1) is 10.9. The van der Waals surface area contributed by atoms with E-state index in [0.29, 0.717) is 5.00 Å². The van der Waals surface area contributed by atoms with Gasteiger partial charge in [-0.05, 0) is 17.5 Å². The van der Waals surface area contributed by atoms with Gasteiger partial charge in [0.15, 0.2) is 0 Å². The maximum absolute atomic E-state index is 12.5. The minimum absolute atomic E-state index is 0. The Hall–Kier alpha value is 0.0564. The van der Waals surface area contributed by atoms with Crippen LogP contribution in [0.4, 0.5) is 5.00 Å². The van der Waals surface area contributed by atoms with Crippen LogP contribution >= 0.6 is 23.1 Å². The molecule has 0 aromatic carbocycles. The summed E-state index contributed by atoms with van der Waals surface area (Å²) in [5.74, 6) is -1.39. The van der Waals surface area contributed by atoms with Crippen LogP contribution in [-0.2, 0) is 14.4 Å². The maximum Gasteiger partial charge on any atom is 1.00 e. The molecule has 2 fully saturated rings. The van der Waals surface area contributed by atoms with Gasteiger partial charge in [0.2, 0.25) is 11.8 Å². The van der Waals surface area contributed by atoms with Crippen LogP contribution in [0.1, 0.15) is 8.35 Å². The van der Waals surface area contributed by atoms with Gasteiger partial charge in [-0.15, -0.1) is 23.1 Å². The molecule has 10 heteroatoms. The van der Waals surface area contributed by atoms with Crippen molar-refractivity contribution in [1.29, 1.82) is 0 Å². The number of carboxylic acids is 1. The fraction of sp³-hybridized carbons (Fsp3) is 0.500. The number of carbonyl (C=O) groups is 3. The van der Waals surface area contributed by atoms with Gasteiger partial charge < -0.3 is 16.5 Å². The number of rotatable bonds is 4. The summed E-state index contributed by atoms with van der Waals surface area (Å²) in [4.78, 5) is 38.9. The Morgan fingerprint density at radius 2 is 2.25 bits per heavy atom. The Kier molecular flexibility index (Phi) is 6.57. The molecule has 2 amide bonds. The average Bonchev–Trinajstić information content (AvgIpc) is 3.04. The molecule has 3 heterocycles. The first-order valence-corrected chi connectivity index (χ1v) is 8.94. The van der Waals surface area contributed by atoms with Crippen molar-refractivity contribution in [3.63, 3.8) is 0 Å². The van der Waals surface area contributed by atoms with Crippen molar-refractivity contribution in [1.82, 2.24) is 4.90 Å². The number of thioether (sulfide) groups is 1. The molecule has 2 unspecified atom stereocenters. The third kappa shape index (κ3) is 3.23. The molecule has 2 saturated heterocycles. The molecule has 1 aromatic rings. The minimum atomic E-state index is -1.33. The van der Waals surface area contributed by atoms with Gasteiger partial charge in [-0.25, -0.2) is 0 Å².